The molecule has 1 aromatic carbocycles. The fourth-order valence-corrected chi connectivity index (χ4v) is 6.09. The molecule has 3 fully saturated rings. The van der Waals surface area contributed by atoms with Gasteiger partial charge in [-0.15, -0.1) is 0 Å². The number of carbonyl (C=O) groups is 3. The molecule has 6 rings (SSSR count). The van der Waals surface area contributed by atoms with Gasteiger partial charge < -0.3 is 34.4 Å². The molecule has 226 valence electrons. The minimum Gasteiger partial charge on any atom is -0.465 e. The van der Waals surface area contributed by atoms with E-state index in [1.165, 1.54) is 32.0 Å². The van der Waals surface area contributed by atoms with Crippen molar-refractivity contribution in [3.8, 4) is 0 Å². The van der Waals surface area contributed by atoms with E-state index in [0.29, 0.717) is 43.4 Å². The number of ether oxygens (including phenoxy) is 3. The number of carbonyl (C=O) groups excluding carboxylic acids is 2. The van der Waals surface area contributed by atoms with E-state index in [1.54, 1.807) is 17.9 Å². The Labute approximate surface area is 244 Å². The van der Waals surface area contributed by atoms with E-state index >= 15 is 0 Å². The van der Waals surface area contributed by atoms with E-state index in [2.05, 4.69) is 20.2 Å². The predicted molar refractivity (Wildman–Crippen MR) is 152 cm³/mol. The zero-order chi connectivity index (χ0) is 29.8. The molecule has 1 aromatic heterocycles. The summed E-state index contributed by atoms with van der Waals surface area (Å²) in [5.41, 5.74) is 2.30. The summed E-state index contributed by atoms with van der Waals surface area (Å²) in [5, 5.41) is 12.4. The van der Waals surface area contributed by atoms with Crippen LogP contribution >= 0.6 is 0 Å². The van der Waals surface area contributed by atoms with Gasteiger partial charge in [-0.3, -0.25) is 9.69 Å². The van der Waals surface area contributed by atoms with Gasteiger partial charge in [-0.2, -0.15) is 4.98 Å². The average Bonchev–Trinajstić information content (AvgIpc) is 3.61. The molecule has 2 saturated heterocycles. The first-order chi connectivity index (χ1) is 20.3. The molecular weight excluding hydrogens is 544 g/mol. The lowest BCUT2D eigenvalue weighted by Gasteiger charge is -2.39. The van der Waals surface area contributed by atoms with Crippen molar-refractivity contribution >= 4 is 29.7 Å². The molecule has 3 unspecified atom stereocenters. The number of benzene rings is 1. The van der Waals surface area contributed by atoms with Crippen molar-refractivity contribution in [2.45, 2.75) is 50.9 Å². The van der Waals surface area contributed by atoms with Crippen molar-refractivity contribution in [2.75, 3.05) is 57.4 Å². The van der Waals surface area contributed by atoms with E-state index < -0.39 is 18.3 Å². The Morgan fingerprint density at radius 1 is 1.10 bits per heavy atom. The number of esters is 1. The zero-order valence-electron chi connectivity index (χ0n) is 24.2. The maximum Gasteiger partial charge on any atom is 0.409 e. The second-order valence-corrected chi connectivity index (χ2v) is 11.0. The van der Waals surface area contributed by atoms with E-state index in [0.717, 1.165) is 30.5 Å². The first-order valence-electron chi connectivity index (χ1n) is 14.2. The zero-order valence-corrected chi connectivity index (χ0v) is 24.2. The van der Waals surface area contributed by atoms with Crippen LogP contribution in [0, 0.1) is 5.92 Å². The number of piperidine rings is 1. The molecule has 13 heteroatoms. The molecule has 4 heterocycles. The number of rotatable bonds is 7. The Morgan fingerprint density at radius 2 is 1.88 bits per heavy atom. The third kappa shape index (κ3) is 6.41. The summed E-state index contributed by atoms with van der Waals surface area (Å²) in [4.78, 5) is 48.8. The molecule has 2 aromatic rings. The van der Waals surface area contributed by atoms with Gasteiger partial charge in [0.1, 0.15) is 12.6 Å². The Morgan fingerprint density at radius 3 is 2.52 bits per heavy atom. The first kappa shape index (κ1) is 29.5. The fourth-order valence-electron chi connectivity index (χ4n) is 6.09. The summed E-state index contributed by atoms with van der Waals surface area (Å²) in [6.07, 6.45) is 2.79. The average molecular weight is 583 g/mol. The lowest BCUT2D eigenvalue weighted by atomic mass is 9.98. The van der Waals surface area contributed by atoms with Crippen molar-refractivity contribution < 1.29 is 33.7 Å². The number of aromatic nitrogens is 2. The van der Waals surface area contributed by atoms with E-state index in [4.69, 9.17) is 19.3 Å². The number of hydrogen-bond acceptors (Lipinski definition) is 10. The Hall–Kier alpha value is -3.97. The molecule has 2 N–H and O–H groups in total. The summed E-state index contributed by atoms with van der Waals surface area (Å²) >= 11 is 0. The standard InChI is InChI=1S/C17H23N5O3.C12H15NO4/c1-10(23)21-8-12(9-21)18-15-6-14(16(24)25-2)19-17(20-15)22-7-11-3-4-13(22)5-11;1-16-8-17-11-10-5-3-2-4-9(10)6-7-13(11)12(14)15/h6,11-13H,3-5,7-9H2,1-2H3,(H,18,19,20);2-5,11H,6-8H2,1H3,(H,14,15). The Kier molecular flexibility index (Phi) is 9.07. The molecule has 0 spiro atoms. The molecule has 4 aliphatic rings. The van der Waals surface area contributed by atoms with Crippen LogP contribution in [-0.2, 0) is 25.4 Å². The van der Waals surface area contributed by atoms with Crippen LogP contribution < -0.4 is 10.2 Å². The molecular formula is C29H38N6O7. The highest BCUT2D eigenvalue weighted by Gasteiger charge is 2.39. The van der Waals surface area contributed by atoms with Crippen molar-refractivity contribution in [3.05, 3.63) is 47.2 Å². The SMILES string of the molecule is COC(=O)c1cc(NC2CN(C(C)=O)C2)nc(N2CC3CCC2C3)n1.COCOC1c2ccccc2CCN1C(=O)O. The first-order valence-corrected chi connectivity index (χ1v) is 14.2. The van der Waals surface area contributed by atoms with Gasteiger partial charge >= 0.3 is 12.1 Å². The van der Waals surface area contributed by atoms with Gasteiger partial charge in [0, 0.05) is 57.9 Å². The molecule has 0 radical (unpaired) electrons. The van der Waals surface area contributed by atoms with Crippen LogP contribution in [0.4, 0.5) is 16.6 Å². The molecule has 1 saturated carbocycles. The van der Waals surface area contributed by atoms with Gasteiger partial charge in [0.05, 0.1) is 13.2 Å². The van der Waals surface area contributed by atoms with Crippen molar-refractivity contribution in [1.82, 2.24) is 19.8 Å². The van der Waals surface area contributed by atoms with Crippen LogP contribution in [-0.4, -0.2) is 102 Å². The normalized spacial score (nSPS) is 22.5. The summed E-state index contributed by atoms with van der Waals surface area (Å²) in [6, 6.07) is 9.97. The van der Waals surface area contributed by atoms with Crippen LogP contribution in [0.25, 0.3) is 0 Å². The molecule has 2 bridgehead atoms. The maximum atomic E-state index is 12.0. The Bertz CT molecular complexity index is 1300. The second-order valence-electron chi connectivity index (χ2n) is 11.0. The van der Waals surface area contributed by atoms with Gasteiger partial charge in [-0.1, -0.05) is 24.3 Å². The maximum absolute atomic E-state index is 12.0. The number of fused-ring (bicyclic) bond motifs is 3. The van der Waals surface area contributed by atoms with E-state index in [1.807, 2.05) is 24.3 Å². The van der Waals surface area contributed by atoms with Gasteiger partial charge in [0.2, 0.25) is 11.9 Å². The molecule has 3 atom stereocenters. The largest absolute Gasteiger partial charge is 0.465 e. The molecule has 2 amide bonds. The van der Waals surface area contributed by atoms with Crippen molar-refractivity contribution in [3.63, 3.8) is 0 Å². The number of nitrogens with one attached hydrogen (secondary N) is 1. The third-order valence-electron chi connectivity index (χ3n) is 8.27. The number of nitrogens with zero attached hydrogens (tertiary/aromatic N) is 5. The summed E-state index contributed by atoms with van der Waals surface area (Å²) in [6.45, 7) is 4.34. The number of hydrogen-bond donors (Lipinski definition) is 2. The third-order valence-corrected chi connectivity index (χ3v) is 8.27. The van der Waals surface area contributed by atoms with Crippen LogP contribution in [0.1, 0.15) is 54.0 Å². The minimum absolute atomic E-state index is 0.0722. The summed E-state index contributed by atoms with van der Waals surface area (Å²) in [5.74, 6) is 1.53. The van der Waals surface area contributed by atoms with Gasteiger partial charge in [0.25, 0.3) is 0 Å². The number of methoxy groups -OCH3 is 2. The highest BCUT2D eigenvalue weighted by molar-refractivity contribution is 5.88. The molecule has 42 heavy (non-hydrogen) atoms. The molecule has 13 nitrogen and oxygen atoms in total. The Balaban J connectivity index is 0.000000181. The lowest BCUT2D eigenvalue weighted by molar-refractivity contribution is -0.132. The van der Waals surface area contributed by atoms with Crippen LogP contribution in [0.5, 0.6) is 0 Å². The van der Waals surface area contributed by atoms with Crippen LogP contribution in [0.3, 0.4) is 0 Å². The van der Waals surface area contributed by atoms with Crippen molar-refractivity contribution in [2.24, 2.45) is 5.92 Å². The highest BCUT2D eigenvalue weighted by atomic mass is 16.7. The fraction of sp³-hybridized carbons (Fsp3) is 0.552. The summed E-state index contributed by atoms with van der Waals surface area (Å²) in [7, 11) is 2.87. The van der Waals surface area contributed by atoms with Crippen LogP contribution in [0.2, 0.25) is 0 Å². The minimum atomic E-state index is -0.972. The van der Waals surface area contributed by atoms with Crippen molar-refractivity contribution in [1.29, 1.82) is 0 Å². The number of anilines is 2. The number of carboxylic acid groups (broad SMARTS) is 1. The van der Waals surface area contributed by atoms with Gasteiger partial charge in [-0.25, -0.2) is 14.6 Å². The molecule has 3 aliphatic heterocycles. The quantitative estimate of drug-likeness (QED) is 0.367. The monoisotopic (exact) mass is 582 g/mol. The smallest absolute Gasteiger partial charge is 0.409 e. The lowest BCUT2D eigenvalue weighted by Crippen LogP contribution is -2.56. The van der Waals surface area contributed by atoms with Gasteiger partial charge in [0.15, 0.2) is 11.9 Å². The number of amides is 2. The topological polar surface area (TPSA) is 147 Å². The van der Waals surface area contributed by atoms with E-state index in [-0.39, 0.29) is 24.4 Å². The van der Waals surface area contributed by atoms with Gasteiger partial charge in [-0.05, 0) is 37.2 Å². The predicted octanol–water partition coefficient (Wildman–Crippen LogP) is 2.74. The molecule has 1 aliphatic carbocycles. The number of likely N-dealkylation sites (tertiary alicyclic amines) is 1. The summed E-state index contributed by atoms with van der Waals surface area (Å²) < 4.78 is 15.1. The van der Waals surface area contributed by atoms with E-state index in [9.17, 15) is 14.4 Å². The second kappa shape index (κ2) is 12.9. The highest BCUT2D eigenvalue weighted by Crippen LogP contribution is 2.39. The van der Waals surface area contributed by atoms with Crippen LogP contribution in [0.15, 0.2) is 30.3 Å².